The fraction of sp³-hybridized carbons (Fsp3) is 0.588. The smallest absolute Gasteiger partial charge is 0.168 e. The first-order valence-corrected chi connectivity index (χ1v) is 7.67. The van der Waals surface area contributed by atoms with Gasteiger partial charge in [0.15, 0.2) is 5.78 Å². The average molecular weight is 291 g/mol. The van der Waals surface area contributed by atoms with E-state index in [0.29, 0.717) is 30.9 Å². The van der Waals surface area contributed by atoms with Crippen molar-refractivity contribution in [1.82, 2.24) is 0 Å². The lowest BCUT2D eigenvalue weighted by atomic mass is 9.78. The maximum absolute atomic E-state index is 12.6. The third-order valence-corrected chi connectivity index (χ3v) is 4.09. The van der Waals surface area contributed by atoms with Crippen molar-refractivity contribution in [3.8, 4) is 5.75 Å². The van der Waals surface area contributed by atoms with Gasteiger partial charge in [0.25, 0.3) is 0 Å². The molecule has 0 amide bonds. The van der Waals surface area contributed by atoms with Crippen molar-refractivity contribution in [2.24, 2.45) is 5.73 Å². The van der Waals surface area contributed by atoms with Crippen molar-refractivity contribution in [2.45, 2.75) is 44.1 Å². The summed E-state index contributed by atoms with van der Waals surface area (Å²) in [5.41, 5.74) is 6.68. The van der Waals surface area contributed by atoms with E-state index >= 15 is 0 Å². The number of carbonyl (C=O) groups excluding carboxylic acids is 1. The van der Waals surface area contributed by atoms with Crippen molar-refractivity contribution >= 4 is 5.78 Å². The summed E-state index contributed by atoms with van der Waals surface area (Å²) in [6.45, 7) is 0.942. The lowest BCUT2D eigenvalue weighted by molar-refractivity contribution is 0.0927. The van der Waals surface area contributed by atoms with Crippen molar-refractivity contribution in [3.05, 3.63) is 29.8 Å². The zero-order valence-electron chi connectivity index (χ0n) is 12.8. The highest BCUT2D eigenvalue weighted by Crippen LogP contribution is 2.31. The largest absolute Gasteiger partial charge is 0.490 e. The van der Waals surface area contributed by atoms with Gasteiger partial charge >= 0.3 is 0 Å². The molecule has 0 heterocycles. The Balaban J connectivity index is 2.04. The summed E-state index contributed by atoms with van der Waals surface area (Å²) in [6, 6.07) is 7.38. The van der Waals surface area contributed by atoms with Crippen molar-refractivity contribution < 1.29 is 14.3 Å². The Hall–Kier alpha value is -1.39. The molecule has 0 aromatic heterocycles. The number of nitrogens with two attached hydrogens (primary N) is 1. The Labute approximate surface area is 126 Å². The Kier molecular flexibility index (Phi) is 5.76. The van der Waals surface area contributed by atoms with Crippen LogP contribution in [0.15, 0.2) is 24.3 Å². The number of Topliss-reactive ketones (excluding diaryl/α,β-unsaturated/α-hetero) is 1. The molecule has 0 aliphatic heterocycles. The molecule has 21 heavy (non-hydrogen) atoms. The van der Waals surface area contributed by atoms with E-state index in [2.05, 4.69) is 0 Å². The first-order chi connectivity index (χ1) is 10.1. The van der Waals surface area contributed by atoms with E-state index in [0.717, 1.165) is 25.7 Å². The molecule has 0 unspecified atom stereocenters. The van der Waals surface area contributed by atoms with Gasteiger partial charge in [-0.3, -0.25) is 4.79 Å². The second-order valence-electron chi connectivity index (χ2n) is 5.86. The van der Waals surface area contributed by atoms with Crippen LogP contribution in [0.4, 0.5) is 0 Å². The molecule has 4 nitrogen and oxygen atoms in total. The first kappa shape index (κ1) is 16.0. The van der Waals surface area contributed by atoms with Crippen LogP contribution in [0.3, 0.4) is 0 Å². The number of ether oxygens (including phenoxy) is 2. The topological polar surface area (TPSA) is 61.5 Å². The summed E-state index contributed by atoms with van der Waals surface area (Å²) in [7, 11) is 1.63. The number of para-hydroxylation sites is 1. The van der Waals surface area contributed by atoms with Gasteiger partial charge in [-0.1, -0.05) is 31.4 Å². The second kappa shape index (κ2) is 7.57. The predicted molar refractivity (Wildman–Crippen MR) is 82.8 cm³/mol. The molecular weight excluding hydrogens is 266 g/mol. The quantitative estimate of drug-likeness (QED) is 0.620. The zero-order valence-corrected chi connectivity index (χ0v) is 12.8. The van der Waals surface area contributed by atoms with Crippen LogP contribution < -0.4 is 10.5 Å². The zero-order chi connectivity index (χ0) is 15.1. The molecule has 1 aromatic carbocycles. The summed E-state index contributed by atoms with van der Waals surface area (Å²) < 4.78 is 10.6. The third kappa shape index (κ3) is 4.55. The molecule has 1 saturated carbocycles. The standard InChI is InChI=1S/C17H25NO3/c1-20-11-12-21-16-8-4-3-7-14(16)15(19)13-17(18)9-5-2-6-10-17/h3-4,7-8H,2,5-6,9-13,18H2,1H3. The predicted octanol–water partition coefficient (Wildman–Crippen LogP) is 2.95. The number of hydrogen-bond donors (Lipinski definition) is 1. The molecule has 4 heteroatoms. The van der Waals surface area contributed by atoms with E-state index < -0.39 is 0 Å². The van der Waals surface area contributed by atoms with E-state index in [9.17, 15) is 4.79 Å². The summed E-state index contributed by atoms with van der Waals surface area (Å²) in [5, 5.41) is 0. The third-order valence-electron chi connectivity index (χ3n) is 4.09. The van der Waals surface area contributed by atoms with Crippen LogP contribution in [0.25, 0.3) is 0 Å². The van der Waals surface area contributed by atoms with E-state index in [-0.39, 0.29) is 11.3 Å². The van der Waals surface area contributed by atoms with Gasteiger partial charge in [0.1, 0.15) is 12.4 Å². The molecule has 1 aliphatic carbocycles. The number of benzene rings is 1. The van der Waals surface area contributed by atoms with Crippen LogP contribution in [-0.2, 0) is 4.74 Å². The van der Waals surface area contributed by atoms with Gasteiger partial charge in [-0.2, -0.15) is 0 Å². The van der Waals surface area contributed by atoms with Crippen LogP contribution in [0, 0.1) is 0 Å². The molecule has 116 valence electrons. The highest BCUT2D eigenvalue weighted by molar-refractivity contribution is 5.99. The normalized spacial score (nSPS) is 17.4. The van der Waals surface area contributed by atoms with E-state index in [1.54, 1.807) is 7.11 Å². The Morgan fingerprint density at radius 2 is 1.90 bits per heavy atom. The minimum Gasteiger partial charge on any atom is -0.490 e. The maximum atomic E-state index is 12.6. The molecular formula is C17H25NO3. The number of rotatable bonds is 7. The van der Waals surface area contributed by atoms with Gasteiger partial charge in [-0.25, -0.2) is 0 Å². The highest BCUT2D eigenvalue weighted by atomic mass is 16.5. The Morgan fingerprint density at radius 1 is 1.19 bits per heavy atom. The minimum atomic E-state index is -0.338. The second-order valence-corrected chi connectivity index (χ2v) is 5.86. The van der Waals surface area contributed by atoms with Crippen molar-refractivity contribution in [1.29, 1.82) is 0 Å². The highest BCUT2D eigenvalue weighted by Gasteiger charge is 2.31. The Bertz CT molecular complexity index is 467. The molecule has 2 rings (SSSR count). The molecule has 0 saturated heterocycles. The van der Waals surface area contributed by atoms with Gasteiger partial charge in [-0.15, -0.1) is 0 Å². The fourth-order valence-corrected chi connectivity index (χ4v) is 2.91. The molecule has 2 N–H and O–H groups in total. The minimum absolute atomic E-state index is 0.0763. The monoisotopic (exact) mass is 291 g/mol. The van der Waals surface area contributed by atoms with Gasteiger partial charge in [0.2, 0.25) is 0 Å². The number of ketones is 1. The van der Waals surface area contributed by atoms with Crippen LogP contribution in [0.2, 0.25) is 0 Å². The molecule has 0 atom stereocenters. The summed E-state index contributed by atoms with van der Waals surface area (Å²) in [5.74, 6) is 0.700. The number of hydrogen-bond acceptors (Lipinski definition) is 4. The molecule has 1 aliphatic rings. The lowest BCUT2D eigenvalue weighted by Gasteiger charge is -2.32. The first-order valence-electron chi connectivity index (χ1n) is 7.67. The fourth-order valence-electron chi connectivity index (χ4n) is 2.91. The van der Waals surface area contributed by atoms with Crippen LogP contribution in [0.1, 0.15) is 48.9 Å². The number of carbonyl (C=O) groups is 1. The van der Waals surface area contributed by atoms with Crippen molar-refractivity contribution in [3.63, 3.8) is 0 Å². The summed E-state index contributed by atoms with van der Waals surface area (Å²) in [6.07, 6.45) is 5.74. The molecule has 0 spiro atoms. The van der Waals surface area contributed by atoms with Crippen molar-refractivity contribution in [2.75, 3.05) is 20.3 Å². The number of methoxy groups -OCH3 is 1. The average Bonchev–Trinajstić information content (AvgIpc) is 2.48. The summed E-state index contributed by atoms with van der Waals surface area (Å²) >= 11 is 0. The molecule has 1 aromatic rings. The van der Waals surface area contributed by atoms with Gasteiger partial charge in [0, 0.05) is 19.1 Å². The Morgan fingerprint density at radius 3 is 2.62 bits per heavy atom. The van der Waals surface area contributed by atoms with Crippen LogP contribution in [0.5, 0.6) is 5.75 Å². The van der Waals surface area contributed by atoms with E-state index in [1.165, 1.54) is 6.42 Å². The molecule has 0 bridgehead atoms. The van der Waals surface area contributed by atoms with Crippen LogP contribution in [-0.4, -0.2) is 31.6 Å². The van der Waals surface area contributed by atoms with Gasteiger partial charge in [0.05, 0.1) is 12.2 Å². The molecule has 0 radical (unpaired) electrons. The van der Waals surface area contributed by atoms with E-state index in [4.69, 9.17) is 15.2 Å². The van der Waals surface area contributed by atoms with Gasteiger partial charge < -0.3 is 15.2 Å². The summed E-state index contributed by atoms with van der Waals surface area (Å²) in [4.78, 5) is 12.6. The molecule has 1 fully saturated rings. The van der Waals surface area contributed by atoms with Crippen LogP contribution >= 0.6 is 0 Å². The SMILES string of the molecule is COCCOc1ccccc1C(=O)CC1(N)CCCCC1. The van der Waals surface area contributed by atoms with E-state index in [1.807, 2.05) is 24.3 Å². The maximum Gasteiger partial charge on any atom is 0.168 e. The lowest BCUT2D eigenvalue weighted by Crippen LogP contribution is -2.43. The van der Waals surface area contributed by atoms with Gasteiger partial charge in [-0.05, 0) is 25.0 Å².